The van der Waals surface area contributed by atoms with Crippen molar-refractivity contribution >= 4 is 47.4 Å². The average Bonchev–Trinajstić information content (AvgIpc) is 1.93. The monoisotopic (exact) mass is 212 g/mol. The quantitative estimate of drug-likeness (QED) is 0.490. The van der Waals surface area contributed by atoms with Crippen molar-refractivity contribution in [3.63, 3.8) is 0 Å². The summed E-state index contributed by atoms with van der Waals surface area (Å²) in [4.78, 5) is 0.524. The Hall–Kier alpha value is 0.440. The molecule has 0 bridgehead atoms. The van der Waals surface area contributed by atoms with Crippen molar-refractivity contribution in [2.24, 2.45) is 0 Å². The second-order valence-corrected chi connectivity index (χ2v) is 3.33. The fourth-order valence-electron chi connectivity index (χ4n) is 0.516. The summed E-state index contributed by atoms with van der Waals surface area (Å²) in [6.07, 6.45) is 0. The van der Waals surface area contributed by atoms with Crippen LogP contribution in [0.25, 0.3) is 0 Å². The zero-order valence-electron chi connectivity index (χ0n) is 4.74. The fourth-order valence-corrected chi connectivity index (χ4v) is 1.31. The van der Waals surface area contributed by atoms with Crippen molar-refractivity contribution < 1.29 is 0 Å². The van der Waals surface area contributed by atoms with Gasteiger partial charge in [0.2, 0.25) is 0 Å². The third-order valence-electron chi connectivity index (χ3n) is 1.02. The first kappa shape index (κ1) is 8.54. The summed E-state index contributed by atoms with van der Waals surface area (Å²) in [6, 6.07) is 3.28. The molecule has 0 aliphatic carbocycles. The van der Waals surface area contributed by atoms with Crippen LogP contribution in [0.2, 0.25) is 15.1 Å². The first-order chi connectivity index (χ1) is 4.63. The lowest BCUT2D eigenvalue weighted by atomic mass is 10.4. The molecule has 4 heteroatoms. The first-order valence-corrected chi connectivity index (χ1v) is 4.03. The molecule has 0 radical (unpaired) electrons. The van der Waals surface area contributed by atoms with Crippen LogP contribution in [0.4, 0.5) is 0 Å². The Morgan fingerprint density at radius 1 is 1.00 bits per heavy atom. The lowest BCUT2D eigenvalue weighted by Crippen LogP contribution is -1.73. The van der Waals surface area contributed by atoms with Crippen LogP contribution in [0.15, 0.2) is 17.0 Å². The van der Waals surface area contributed by atoms with Gasteiger partial charge in [0.25, 0.3) is 0 Å². The van der Waals surface area contributed by atoms with E-state index in [2.05, 4.69) is 12.6 Å². The first-order valence-electron chi connectivity index (χ1n) is 2.45. The van der Waals surface area contributed by atoms with Gasteiger partial charge in [-0.05, 0) is 12.1 Å². The molecular formula is C6H3Cl3S. The van der Waals surface area contributed by atoms with Gasteiger partial charge in [-0.2, -0.15) is 0 Å². The van der Waals surface area contributed by atoms with Crippen molar-refractivity contribution in [2.45, 2.75) is 4.90 Å². The van der Waals surface area contributed by atoms with E-state index < -0.39 is 0 Å². The van der Waals surface area contributed by atoms with E-state index in [1.54, 1.807) is 12.1 Å². The molecule has 0 atom stereocenters. The predicted octanol–water partition coefficient (Wildman–Crippen LogP) is 3.94. The predicted molar refractivity (Wildman–Crippen MR) is 48.7 cm³/mol. The average molecular weight is 214 g/mol. The highest BCUT2D eigenvalue weighted by molar-refractivity contribution is 7.80. The van der Waals surface area contributed by atoms with Gasteiger partial charge < -0.3 is 0 Å². The Kier molecular flexibility index (Phi) is 2.75. The molecule has 0 heterocycles. The molecule has 0 spiro atoms. The third kappa shape index (κ3) is 1.54. The maximum Gasteiger partial charge on any atom is 0.0740 e. The van der Waals surface area contributed by atoms with Gasteiger partial charge in [0.1, 0.15) is 0 Å². The maximum absolute atomic E-state index is 5.69. The molecule has 0 amide bonds. The molecule has 0 aromatic heterocycles. The van der Waals surface area contributed by atoms with E-state index in [4.69, 9.17) is 34.8 Å². The van der Waals surface area contributed by atoms with Gasteiger partial charge in [-0.1, -0.05) is 34.8 Å². The van der Waals surface area contributed by atoms with Crippen molar-refractivity contribution in [1.82, 2.24) is 0 Å². The summed E-state index contributed by atoms with van der Waals surface area (Å²) in [7, 11) is 0. The van der Waals surface area contributed by atoms with Gasteiger partial charge in [0.05, 0.1) is 15.1 Å². The molecule has 1 aromatic carbocycles. The lowest BCUT2D eigenvalue weighted by molar-refractivity contribution is 1.47. The highest BCUT2D eigenvalue weighted by Gasteiger charge is 2.04. The number of benzene rings is 1. The minimum Gasteiger partial charge on any atom is -0.140 e. The molecule has 0 aliphatic rings. The van der Waals surface area contributed by atoms with Gasteiger partial charge in [0, 0.05) is 4.90 Å². The molecular weight excluding hydrogens is 210 g/mol. The SMILES string of the molecule is Sc1c(Cl)ccc(Cl)c1Cl. The molecule has 0 unspecified atom stereocenters. The summed E-state index contributed by atoms with van der Waals surface area (Å²) in [5, 5.41) is 1.38. The highest BCUT2D eigenvalue weighted by Crippen LogP contribution is 2.33. The summed E-state index contributed by atoms with van der Waals surface area (Å²) >= 11 is 21.0. The van der Waals surface area contributed by atoms with Crippen LogP contribution in [0.5, 0.6) is 0 Å². The van der Waals surface area contributed by atoms with E-state index in [-0.39, 0.29) is 0 Å². The van der Waals surface area contributed by atoms with Gasteiger partial charge >= 0.3 is 0 Å². The van der Waals surface area contributed by atoms with Crippen molar-refractivity contribution in [1.29, 1.82) is 0 Å². The molecule has 10 heavy (non-hydrogen) atoms. The molecule has 1 aromatic rings. The second kappa shape index (κ2) is 3.22. The number of thiol groups is 1. The Morgan fingerprint density at radius 2 is 1.50 bits per heavy atom. The number of hydrogen-bond acceptors (Lipinski definition) is 1. The van der Waals surface area contributed by atoms with Gasteiger partial charge in [-0.3, -0.25) is 0 Å². The largest absolute Gasteiger partial charge is 0.140 e. The Balaban J connectivity index is 3.34. The Labute approximate surface area is 79.5 Å². The maximum atomic E-state index is 5.69. The third-order valence-corrected chi connectivity index (χ3v) is 2.87. The number of halogens is 3. The van der Waals surface area contributed by atoms with E-state index >= 15 is 0 Å². The molecule has 0 fully saturated rings. The van der Waals surface area contributed by atoms with E-state index in [0.29, 0.717) is 20.0 Å². The van der Waals surface area contributed by atoms with Gasteiger partial charge in [-0.15, -0.1) is 12.6 Å². The standard InChI is InChI=1S/C6H3Cl3S/c7-3-1-2-4(8)6(10)5(3)9/h1-2,10H. The molecule has 0 nitrogen and oxygen atoms in total. The summed E-state index contributed by atoms with van der Waals surface area (Å²) in [5.41, 5.74) is 0. The van der Waals surface area contributed by atoms with Gasteiger partial charge in [0.15, 0.2) is 0 Å². The minimum absolute atomic E-state index is 0.400. The van der Waals surface area contributed by atoms with Crippen LogP contribution < -0.4 is 0 Å². The Morgan fingerprint density at radius 3 is 2.00 bits per heavy atom. The van der Waals surface area contributed by atoms with Crippen LogP contribution in [-0.2, 0) is 0 Å². The smallest absolute Gasteiger partial charge is 0.0740 e. The normalized spacial score (nSPS) is 10.0. The minimum atomic E-state index is 0.400. The van der Waals surface area contributed by atoms with Crippen LogP contribution in [0.3, 0.4) is 0 Å². The molecule has 54 valence electrons. The second-order valence-electron chi connectivity index (χ2n) is 1.69. The molecule has 0 N–H and O–H groups in total. The highest BCUT2D eigenvalue weighted by atomic mass is 35.5. The molecule has 1 rings (SSSR count). The summed E-state index contributed by atoms with van der Waals surface area (Å²) in [6.45, 7) is 0. The topological polar surface area (TPSA) is 0 Å². The van der Waals surface area contributed by atoms with E-state index in [9.17, 15) is 0 Å². The zero-order chi connectivity index (χ0) is 7.72. The Bertz CT molecular complexity index is 232. The van der Waals surface area contributed by atoms with E-state index in [1.807, 2.05) is 0 Å². The van der Waals surface area contributed by atoms with Crippen LogP contribution in [0.1, 0.15) is 0 Å². The summed E-state index contributed by atoms with van der Waals surface area (Å²) < 4.78 is 0. The van der Waals surface area contributed by atoms with E-state index in [0.717, 1.165) is 0 Å². The number of rotatable bonds is 0. The van der Waals surface area contributed by atoms with Crippen LogP contribution >= 0.6 is 47.4 Å². The van der Waals surface area contributed by atoms with Crippen LogP contribution in [-0.4, -0.2) is 0 Å². The lowest BCUT2D eigenvalue weighted by Gasteiger charge is -1.99. The van der Waals surface area contributed by atoms with Crippen molar-refractivity contribution in [3.05, 3.63) is 27.2 Å². The van der Waals surface area contributed by atoms with Crippen LogP contribution in [0, 0.1) is 0 Å². The number of hydrogen-bond donors (Lipinski definition) is 1. The van der Waals surface area contributed by atoms with E-state index in [1.165, 1.54) is 0 Å². The van der Waals surface area contributed by atoms with Gasteiger partial charge in [-0.25, -0.2) is 0 Å². The zero-order valence-corrected chi connectivity index (χ0v) is 7.90. The van der Waals surface area contributed by atoms with Crippen molar-refractivity contribution in [3.8, 4) is 0 Å². The van der Waals surface area contributed by atoms with Crippen molar-refractivity contribution in [2.75, 3.05) is 0 Å². The molecule has 0 aliphatic heterocycles. The summed E-state index contributed by atoms with van der Waals surface area (Å²) in [5.74, 6) is 0. The molecule has 0 saturated heterocycles. The molecule has 0 saturated carbocycles. The fraction of sp³-hybridized carbons (Fsp3) is 0.